The molecule has 0 aliphatic carbocycles. The van der Waals surface area contributed by atoms with E-state index in [9.17, 15) is 14.0 Å². The molecule has 3 aromatic rings. The molecule has 5 nitrogen and oxygen atoms in total. The van der Waals surface area contributed by atoms with Gasteiger partial charge in [-0.3, -0.25) is 9.59 Å². The zero-order valence-electron chi connectivity index (χ0n) is 14.7. The van der Waals surface area contributed by atoms with E-state index in [0.29, 0.717) is 31.6 Å². The summed E-state index contributed by atoms with van der Waals surface area (Å²) in [5.41, 5.74) is 1.56. The number of para-hydroxylation sites is 1. The summed E-state index contributed by atoms with van der Waals surface area (Å²) in [5.74, 6) is -0.217. The highest BCUT2D eigenvalue weighted by Gasteiger charge is 2.30. The molecule has 1 fully saturated rings. The lowest BCUT2D eigenvalue weighted by molar-refractivity contribution is -0.128. The van der Waals surface area contributed by atoms with Crippen LogP contribution >= 0.6 is 0 Å². The third kappa shape index (κ3) is 3.84. The van der Waals surface area contributed by atoms with Crippen molar-refractivity contribution in [3.05, 3.63) is 71.7 Å². The second-order valence-corrected chi connectivity index (χ2v) is 6.83. The van der Waals surface area contributed by atoms with Crippen molar-refractivity contribution in [1.82, 2.24) is 10.2 Å². The Morgan fingerprint density at radius 2 is 1.96 bits per heavy atom. The van der Waals surface area contributed by atoms with Crippen molar-refractivity contribution in [1.29, 1.82) is 0 Å². The fraction of sp³-hybridized carbons (Fsp3) is 0.238. The minimum absolute atomic E-state index is 0.0438. The van der Waals surface area contributed by atoms with Crippen LogP contribution in [0.1, 0.15) is 22.5 Å². The summed E-state index contributed by atoms with van der Waals surface area (Å²) in [4.78, 5) is 26.3. The highest BCUT2D eigenvalue weighted by atomic mass is 19.1. The van der Waals surface area contributed by atoms with E-state index in [1.54, 1.807) is 23.1 Å². The first-order valence-corrected chi connectivity index (χ1v) is 8.87. The van der Waals surface area contributed by atoms with Gasteiger partial charge in [-0.15, -0.1) is 0 Å². The number of hydrogen-bond donors (Lipinski definition) is 1. The molecule has 138 valence electrons. The molecule has 1 N–H and O–H groups in total. The molecule has 1 atom stereocenters. The minimum Gasteiger partial charge on any atom is -0.451 e. The molecule has 6 heteroatoms. The smallest absolute Gasteiger partial charge is 0.287 e. The number of carbonyl (C=O) groups excluding carboxylic acids is 2. The van der Waals surface area contributed by atoms with Crippen LogP contribution in [0, 0.1) is 11.7 Å². The largest absolute Gasteiger partial charge is 0.451 e. The zero-order chi connectivity index (χ0) is 18.8. The first-order valence-electron chi connectivity index (χ1n) is 8.87. The maximum Gasteiger partial charge on any atom is 0.287 e. The van der Waals surface area contributed by atoms with Gasteiger partial charge in [0.2, 0.25) is 5.91 Å². The highest BCUT2D eigenvalue weighted by Crippen LogP contribution is 2.21. The van der Waals surface area contributed by atoms with Gasteiger partial charge in [-0.1, -0.05) is 30.3 Å². The molecule has 4 rings (SSSR count). The Kier molecular flexibility index (Phi) is 4.62. The van der Waals surface area contributed by atoms with E-state index in [1.165, 1.54) is 12.1 Å². The van der Waals surface area contributed by atoms with Crippen molar-refractivity contribution in [2.24, 2.45) is 5.92 Å². The molecule has 1 unspecified atom stereocenters. The van der Waals surface area contributed by atoms with Gasteiger partial charge in [-0.25, -0.2) is 4.39 Å². The average Bonchev–Trinajstić information content (AvgIpc) is 3.25. The fourth-order valence-electron chi connectivity index (χ4n) is 3.37. The van der Waals surface area contributed by atoms with Crippen LogP contribution in [0.25, 0.3) is 11.0 Å². The third-order valence-corrected chi connectivity index (χ3v) is 4.78. The van der Waals surface area contributed by atoms with Gasteiger partial charge in [-0.2, -0.15) is 0 Å². The van der Waals surface area contributed by atoms with Gasteiger partial charge in [0.1, 0.15) is 11.4 Å². The van der Waals surface area contributed by atoms with E-state index in [0.717, 1.165) is 10.9 Å². The van der Waals surface area contributed by atoms with E-state index in [1.807, 2.05) is 24.3 Å². The maximum absolute atomic E-state index is 13.0. The number of hydrogen-bond acceptors (Lipinski definition) is 3. The van der Waals surface area contributed by atoms with Gasteiger partial charge >= 0.3 is 0 Å². The Balaban J connectivity index is 1.32. The van der Waals surface area contributed by atoms with Crippen LogP contribution in [-0.2, 0) is 11.3 Å². The number of fused-ring (bicyclic) bond motifs is 1. The Morgan fingerprint density at radius 1 is 1.19 bits per heavy atom. The highest BCUT2D eigenvalue weighted by molar-refractivity contribution is 5.96. The van der Waals surface area contributed by atoms with Crippen LogP contribution in [0.3, 0.4) is 0 Å². The van der Waals surface area contributed by atoms with E-state index in [2.05, 4.69) is 5.32 Å². The summed E-state index contributed by atoms with van der Waals surface area (Å²) in [5, 5.41) is 3.73. The third-order valence-electron chi connectivity index (χ3n) is 4.78. The average molecular weight is 366 g/mol. The number of carbonyl (C=O) groups is 2. The van der Waals surface area contributed by atoms with Crippen LogP contribution in [0.2, 0.25) is 0 Å². The molecule has 0 radical (unpaired) electrons. The van der Waals surface area contributed by atoms with Crippen LogP contribution in [0.15, 0.2) is 59.0 Å². The first-order chi connectivity index (χ1) is 13.1. The van der Waals surface area contributed by atoms with Crippen LogP contribution in [0.5, 0.6) is 0 Å². The predicted octanol–water partition coefficient (Wildman–Crippen LogP) is 3.35. The van der Waals surface area contributed by atoms with Crippen molar-refractivity contribution < 1.29 is 18.4 Å². The van der Waals surface area contributed by atoms with Crippen LogP contribution < -0.4 is 5.32 Å². The fourth-order valence-corrected chi connectivity index (χ4v) is 3.37. The quantitative estimate of drug-likeness (QED) is 0.753. The Hall–Kier alpha value is -3.15. The number of benzene rings is 2. The predicted molar refractivity (Wildman–Crippen MR) is 98.5 cm³/mol. The van der Waals surface area contributed by atoms with Crippen LogP contribution in [0.4, 0.5) is 4.39 Å². The van der Waals surface area contributed by atoms with E-state index < -0.39 is 0 Å². The summed E-state index contributed by atoms with van der Waals surface area (Å²) in [6.45, 7) is 1.42. The lowest BCUT2D eigenvalue weighted by atomic mass is 10.1. The molecule has 0 saturated carbocycles. The molecule has 2 heterocycles. The molecule has 2 aromatic carbocycles. The minimum atomic E-state index is -0.294. The summed E-state index contributed by atoms with van der Waals surface area (Å²) in [6.07, 6.45) is 0.390. The summed E-state index contributed by atoms with van der Waals surface area (Å²) < 4.78 is 18.6. The Labute approximate surface area is 155 Å². The van der Waals surface area contributed by atoms with Gasteiger partial charge < -0.3 is 14.6 Å². The zero-order valence-corrected chi connectivity index (χ0v) is 14.7. The molecule has 1 saturated heterocycles. The standard InChI is InChI=1S/C21H19FN2O3/c22-17-7-5-14(6-8-17)12-24-13-15(9-20(24)25)11-23-21(26)19-10-16-3-1-2-4-18(16)27-19/h1-8,10,15H,9,11-13H2,(H,23,26). The second-order valence-electron chi connectivity index (χ2n) is 6.83. The molecule has 1 aliphatic rings. The van der Waals surface area contributed by atoms with Gasteiger partial charge in [0.05, 0.1) is 0 Å². The molecule has 1 aliphatic heterocycles. The lowest BCUT2D eigenvalue weighted by Gasteiger charge is -2.17. The molecule has 27 heavy (non-hydrogen) atoms. The molecule has 1 aromatic heterocycles. The molecule has 0 bridgehead atoms. The second kappa shape index (κ2) is 7.23. The molecular formula is C21H19FN2O3. The summed E-state index contributed by atoms with van der Waals surface area (Å²) in [6, 6.07) is 15.3. The van der Waals surface area contributed by atoms with Crippen molar-refractivity contribution >= 4 is 22.8 Å². The number of nitrogens with zero attached hydrogens (tertiary/aromatic N) is 1. The SMILES string of the molecule is O=C(NCC1CC(=O)N(Cc2ccc(F)cc2)C1)c1cc2ccccc2o1. The van der Waals surface area contributed by atoms with Crippen molar-refractivity contribution in [2.75, 3.05) is 13.1 Å². The summed E-state index contributed by atoms with van der Waals surface area (Å²) in [7, 11) is 0. The number of rotatable bonds is 5. The number of amides is 2. The number of halogens is 1. The number of nitrogens with one attached hydrogen (secondary N) is 1. The van der Waals surface area contributed by atoms with Gasteiger partial charge in [0, 0.05) is 37.4 Å². The van der Waals surface area contributed by atoms with Crippen molar-refractivity contribution in [3.63, 3.8) is 0 Å². The topological polar surface area (TPSA) is 62.6 Å². The number of furan rings is 1. The first kappa shape index (κ1) is 17.3. The molecule has 2 amide bonds. The van der Waals surface area contributed by atoms with E-state index in [-0.39, 0.29) is 29.3 Å². The van der Waals surface area contributed by atoms with Crippen molar-refractivity contribution in [2.45, 2.75) is 13.0 Å². The lowest BCUT2D eigenvalue weighted by Crippen LogP contribution is -2.31. The van der Waals surface area contributed by atoms with E-state index in [4.69, 9.17) is 4.42 Å². The van der Waals surface area contributed by atoms with Gasteiger partial charge in [-0.05, 0) is 29.8 Å². The van der Waals surface area contributed by atoms with Gasteiger partial charge in [0.15, 0.2) is 5.76 Å². The van der Waals surface area contributed by atoms with Gasteiger partial charge in [0.25, 0.3) is 5.91 Å². The van der Waals surface area contributed by atoms with Crippen LogP contribution in [-0.4, -0.2) is 29.8 Å². The monoisotopic (exact) mass is 366 g/mol. The van der Waals surface area contributed by atoms with Crippen molar-refractivity contribution in [3.8, 4) is 0 Å². The van der Waals surface area contributed by atoms with E-state index >= 15 is 0 Å². The Bertz CT molecular complexity index is 948. The maximum atomic E-state index is 13.0. The Morgan fingerprint density at radius 3 is 2.74 bits per heavy atom. The molecule has 0 spiro atoms. The molecular weight excluding hydrogens is 347 g/mol. The summed E-state index contributed by atoms with van der Waals surface area (Å²) >= 11 is 0. The number of likely N-dealkylation sites (tertiary alicyclic amines) is 1. The normalized spacial score (nSPS) is 16.9.